The lowest BCUT2D eigenvalue weighted by atomic mass is 9.76. The molecule has 0 aromatic carbocycles. The van der Waals surface area contributed by atoms with Gasteiger partial charge in [-0.3, -0.25) is 28.9 Å². The van der Waals surface area contributed by atoms with Crippen LogP contribution in [0.1, 0.15) is 27.7 Å². The van der Waals surface area contributed by atoms with Gasteiger partial charge in [0.05, 0.1) is 6.61 Å². The first-order chi connectivity index (χ1) is 11.2. The van der Waals surface area contributed by atoms with Crippen molar-refractivity contribution in [2.75, 3.05) is 6.61 Å². The van der Waals surface area contributed by atoms with E-state index in [0.29, 0.717) is 13.8 Å². The first-order valence-corrected chi connectivity index (χ1v) is 7.34. The summed E-state index contributed by atoms with van der Waals surface area (Å²) in [6, 6.07) is 0. The average molecular weight is 382 g/mol. The number of Topliss-reactive ketones (excluding diaryl/α,β-unsaturated/α-hetero) is 3. The molecule has 0 saturated carbocycles. The van der Waals surface area contributed by atoms with Crippen molar-refractivity contribution >= 4 is 40.8 Å². The van der Waals surface area contributed by atoms with E-state index in [2.05, 4.69) is 0 Å². The third-order valence-corrected chi connectivity index (χ3v) is 4.07. The van der Waals surface area contributed by atoms with Gasteiger partial charge in [-0.25, -0.2) is 0 Å². The maximum atomic E-state index is 12.5. The molecule has 0 aromatic rings. The molecule has 0 aliphatic heterocycles. The van der Waals surface area contributed by atoms with E-state index >= 15 is 0 Å². The van der Waals surface area contributed by atoms with Crippen molar-refractivity contribution in [2.24, 2.45) is 0 Å². The van der Waals surface area contributed by atoms with Crippen molar-refractivity contribution in [3.63, 3.8) is 0 Å². The number of aliphatic hydroxyl groups is 4. The Morgan fingerprint density at radius 3 is 1.64 bits per heavy atom. The van der Waals surface area contributed by atoms with Crippen LogP contribution in [-0.4, -0.2) is 83.9 Å². The third-order valence-electron chi connectivity index (χ3n) is 3.57. The van der Waals surface area contributed by atoms with Crippen LogP contribution in [0.25, 0.3) is 0 Å². The topological polar surface area (TPSA) is 170 Å². The summed E-state index contributed by atoms with van der Waals surface area (Å²) in [6.07, 6.45) is -4.76. The van der Waals surface area contributed by atoms with Crippen molar-refractivity contribution < 1.29 is 44.4 Å². The zero-order valence-electron chi connectivity index (χ0n) is 14.0. The quantitative estimate of drug-likeness (QED) is 0.202. The second-order valence-corrected chi connectivity index (χ2v) is 5.97. The number of amides is 2. The van der Waals surface area contributed by atoms with Crippen LogP contribution in [0.5, 0.6) is 0 Å². The van der Waals surface area contributed by atoms with E-state index in [-0.39, 0.29) is 4.90 Å². The van der Waals surface area contributed by atoms with Crippen LogP contribution in [0, 0.1) is 0 Å². The van der Waals surface area contributed by atoms with Gasteiger partial charge in [-0.05, 0) is 6.92 Å². The lowest BCUT2D eigenvalue weighted by molar-refractivity contribution is -0.187. The number of halogens is 1. The van der Waals surface area contributed by atoms with Crippen molar-refractivity contribution in [1.29, 1.82) is 0 Å². The lowest BCUT2D eigenvalue weighted by Gasteiger charge is -2.47. The zero-order chi connectivity index (χ0) is 20.3. The van der Waals surface area contributed by atoms with Gasteiger partial charge in [0.1, 0.15) is 12.2 Å². The minimum atomic E-state index is -3.51. The smallest absolute Gasteiger partial charge is 0.236 e. The molecule has 4 N–H and O–H groups in total. The molecule has 0 saturated heterocycles. The van der Waals surface area contributed by atoms with E-state index < -0.39 is 58.6 Å². The number of rotatable bonds is 8. The highest BCUT2D eigenvalue weighted by molar-refractivity contribution is 6.48. The van der Waals surface area contributed by atoms with Gasteiger partial charge in [-0.1, -0.05) is 11.6 Å². The Bertz CT molecular complexity index is 589. The number of alkyl halides is 1. The molecule has 0 aliphatic carbocycles. The highest BCUT2D eigenvalue weighted by Crippen LogP contribution is 2.39. The molecule has 0 unspecified atom stereocenters. The minimum Gasteiger partial charge on any atom is -0.394 e. The Balaban J connectivity index is 7.05. The van der Waals surface area contributed by atoms with Gasteiger partial charge in [0.2, 0.25) is 28.2 Å². The van der Waals surface area contributed by atoms with Crippen LogP contribution in [0.2, 0.25) is 0 Å². The first-order valence-electron chi connectivity index (χ1n) is 6.97. The van der Waals surface area contributed by atoms with Gasteiger partial charge in [0, 0.05) is 20.8 Å². The second kappa shape index (κ2) is 8.11. The summed E-state index contributed by atoms with van der Waals surface area (Å²) >= 11 is 5.79. The van der Waals surface area contributed by atoms with Gasteiger partial charge in [0.15, 0.2) is 11.6 Å². The molecule has 0 aromatic heterocycles. The van der Waals surface area contributed by atoms with E-state index in [1.54, 1.807) is 0 Å². The second-order valence-electron chi connectivity index (χ2n) is 5.39. The summed E-state index contributed by atoms with van der Waals surface area (Å²) in [4.78, 5) is 60.2. The molecule has 0 rings (SSSR count). The average Bonchev–Trinajstić information content (AvgIpc) is 2.48. The standard InChI is InChI=1S/C14H20ClNO9/c1-6(18)11(23)13(7(2)19,16(8(3)20)9(4)21)14(15,25)12(24)10(22)5-17/h10,12,17,22,24-25H,5H2,1-4H3/t10-,12-,13+,14+/m1/s1. The summed E-state index contributed by atoms with van der Waals surface area (Å²) in [7, 11) is 0. The van der Waals surface area contributed by atoms with Gasteiger partial charge in [-0.2, -0.15) is 0 Å². The Labute approximate surface area is 148 Å². The number of carbonyl (C=O) groups excluding carboxylic acids is 5. The summed E-state index contributed by atoms with van der Waals surface area (Å²) in [5.41, 5.74) is -3.35. The van der Waals surface area contributed by atoms with Crippen LogP contribution >= 0.6 is 11.6 Å². The molecule has 0 bridgehead atoms. The maximum absolute atomic E-state index is 12.5. The van der Waals surface area contributed by atoms with Crippen molar-refractivity contribution in [2.45, 2.75) is 50.5 Å². The monoisotopic (exact) mass is 381 g/mol. The fraction of sp³-hybridized carbons (Fsp3) is 0.643. The van der Waals surface area contributed by atoms with E-state index in [1.807, 2.05) is 0 Å². The predicted molar refractivity (Wildman–Crippen MR) is 82.2 cm³/mol. The SMILES string of the molecule is CC(=O)C(=O)[C@](C(C)=O)(N(C(C)=O)C(C)=O)[C@](O)(Cl)[C@H](O)[C@H](O)CO. The molecule has 0 radical (unpaired) electrons. The van der Waals surface area contributed by atoms with E-state index in [1.165, 1.54) is 0 Å². The Morgan fingerprint density at radius 2 is 1.40 bits per heavy atom. The molecule has 0 aliphatic rings. The summed E-state index contributed by atoms with van der Waals surface area (Å²) in [6.45, 7) is 1.71. The Morgan fingerprint density at radius 1 is 1.00 bits per heavy atom. The molecule has 0 heterocycles. The molecule has 2 amide bonds. The number of ketones is 3. The maximum Gasteiger partial charge on any atom is 0.236 e. The van der Waals surface area contributed by atoms with Crippen molar-refractivity contribution in [3.05, 3.63) is 0 Å². The molecular formula is C14H20ClNO9. The predicted octanol–water partition coefficient (Wildman–Crippen LogP) is -2.49. The van der Waals surface area contributed by atoms with E-state index in [4.69, 9.17) is 16.7 Å². The van der Waals surface area contributed by atoms with Crippen LogP contribution < -0.4 is 0 Å². The number of imide groups is 1. The van der Waals surface area contributed by atoms with E-state index in [9.17, 15) is 39.3 Å². The molecule has 25 heavy (non-hydrogen) atoms. The number of hydrogen-bond donors (Lipinski definition) is 4. The highest BCUT2D eigenvalue weighted by Gasteiger charge is 2.69. The summed E-state index contributed by atoms with van der Waals surface area (Å²) in [5, 5.41) is 35.5. The lowest BCUT2D eigenvalue weighted by Crippen LogP contribution is -2.77. The number of hydrogen-bond acceptors (Lipinski definition) is 9. The normalized spacial score (nSPS) is 18.3. The first kappa shape index (κ1) is 23.3. The van der Waals surface area contributed by atoms with Crippen LogP contribution in [0.15, 0.2) is 0 Å². The van der Waals surface area contributed by atoms with Crippen LogP contribution in [0.3, 0.4) is 0 Å². The fourth-order valence-electron chi connectivity index (χ4n) is 2.50. The van der Waals surface area contributed by atoms with Gasteiger partial charge >= 0.3 is 0 Å². The van der Waals surface area contributed by atoms with Crippen molar-refractivity contribution in [1.82, 2.24) is 4.90 Å². The zero-order valence-corrected chi connectivity index (χ0v) is 14.8. The van der Waals surface area contributed by atoms with Gasteiger partial charge in [0.25, 0.3) is 0 Å². The Kier molecular flexibility index (Phi) is 7.55. The summed E-state index contributed by atoms with van der Waals surface area (Å²) in [5.74, 6) is -7.00. The molecule has 142 valence electrons. The number of aliphatic hydroxyl groups excluding tert-OH is 3. The van der Waals surface area contributed by atoms with Crippen LogP contribution in [-0.2, 0) is 24.0 Å². The molecule has 4 atom stereocenters. The molecule has 11 heteroatoms. The van der Waals surface area contributed by atoms with E-state index in [0.717, 1.165) is 13.8 Å². The van der Waals surface area contributed by atoms with Gasteiger partial charge in [-0.15, -0.1) is 0 Å². The third kappa shape index (κ3) is 3.77. The number of nitrogens with zero attached hydrogens (tertiary/aromatic N) is 1. The molecule has 10 nitrogen and oxygen atoms in total. The molecular weight excluding hydrogens is 362 g/mol. The molecule has 0 fully saturated rings. The van der Waals surface area contributed by atoms with Crippen molar-refractivity contribution in [3.8, 4) is 0 Å². The molecule has 0 spiro atoms. The highest BCUT2D eigenvalue weighted by atomic mass is 35.5. The summed E-state index contributed by atoms with van der Waals surface area (Å²) < 4.78 is 0. The fourth-order valence-corrected chi connectivity index (χ4v) is 2.95. The minimum absolute atomic E-state index is 0.0562. The van der Waals surface area contributed by atoms with Crippen LogP contribution in [0.4, 0.5) is 0 Å². The van der Waals surface area contributed by atoms with Gasteiger partial charge < -0.3 is 20.4 Å². The largest absolute Gasteiger partial charge is 0.394 e. The number of carbonyl (C=O) groups is 5. The Hall–Kier alpha value is -1.72.